The summed E-state index contributed by atoms with van der Waals surface area (Å²) in [5, 5.41) is 8.53. The van der Waals surface area contributed by atoms with Crippen LogP contribution in [-0.2, 0) is 4.79 Å². The maximum Gasteiger partial charge on any atom is 0.221 e. The van der Waals surface area contributed by atoms with E-state index in [1.54, 1.807) is 0 Å². The number of amides is 1. The van der Waals surface area contributed by atoms with Crippen LogP contribution in [0.3, 0.4) is 0 Å². The second-order valence-corrected chi connectivity index (χ2v) is 1.69. The van der Waals surface area contributed by atoms with E-state index in [0.717, 1.165) is 6.42 Å². The van der Waals surface area contributed by atoms with Crippen molar-refractivity contribution >= 4 is 6.41 Å². The number of carbonyl (C=O) groups excluding carboxylic acids is 1. The summed E-state index contributed by atoms with van der Waals surface area (Å²) < 4.78 is 0. The van der Waals surface area contributed by atoms with E-state index in [0.29, 0.717) is 6.41 Å². The molecule has 0 saturated heterocycles. The minimum absolute atomic E-state index is 0.0322. The lowest BCUT2D eigenvalue weighted by Crippen LogP contribution is -2.41. The molecule has 1 amide bonds. The maximum atomic E-state index is 9.69. The van der Waals surface area contributed by atoms with Gasteiger partial charge >= 0.3 is 0 Å². The molecule has 0 aliphatic heterocycles. The van der Waals surface area contributed by atoms with E-state index in [1.807, 2.05) is 6.92 Å². The zero-order chi connectivity index (χ0) is 7.11. The zero-order valence-electron chi connectivity index (χ0n) is 5.42. The molecule has 0 rings (SSSR count). The van der Waals surface area contributed by atoms with Gasteiger partial charge in [-0.3, -0.25) is 10.2 Å². The van der Waals surface area contributed by atoms with E-state index in [2.05, 4.69) is 10.9 Å². The fraction of sp³-hybridized carbons (Fsp3) is 0.800. The van der Waals surface area contributed by atoms with Crippen LogP contribution in [0.1, 0.15) is 13.3 Å². The normalized spacial score (nSPS) is 12.7. The Hall–Kier alpha value is -0.610. The third-order valence-electron chi connectivity index (χ3n) is 1.06. The first-order valence-corrected chi connectivity index (χ1v) is 2.90. The predicted molar refractivity (Wildman–Crippen MR) is 33.5 cm³/mol. The summed E-state index contributed by atoms with van der Waals surface area (Å²) in [7, 11) is 0. The van der Waals surface area contributed by atoms with Crippen LogP contribution < -0.4 is 10.9 Å². The number of nitrogens with one attached hydrogen (secondary N) is 2. The average Bonchev–Trinajstić information content (AvgIpc) is 1.91. The molecule has 1 atom stereocenters. The minimum atomic E-state index is -0.0322. The number of hydrazine groups is 1. The van der Waals surface area contributed by atoms with Gasteiger partial charge in [0.05, 0.1) is 6.61 Å². The quantitative estimate of drug-likeness (QED) is 0.332. The molecule has 0 heterocycles. The van der Waals surface area contributed by atoms with Gasteiger partial charge in [-0.2, -0.15) is 0 Å². The van der Waals surface area contributed by atoms with E-state index in [1.165, 1.54) is 0 Å². The average molecular weight is 132 g/mol. The van der Waals surface area contributed by atoms with Crippen LogP contribution in [0.4, 0.5) is 0 Å². The summed E-state index contributed by atoms with van der Waals surface area (Å²) in [4.78, 5) is 9.69. The lowest BCUT2D eigenvalue weighted by Gasteiger charge is -2.11. The molecule has 0 aliphatic carbocycles. The molecule has 0 aromatic heterocycles. The van der Waals surface area contributed by atoms with E-state index in [4.69, 9.17) is 5.11 Å². The Kier molecular flexibility index (Phi) is 5.15. The van der Waals surface area contributed by atoms with Crippen LogP contribution in [-0.4, -0.2) is 24.2 Å². The van der Waals surface area contributed by atoms with Crippen LogP contribution >= 0.6 is 0 Å². The smallest absolute Gasteiger partial charge is 0.221 e. The molecular weight excluding hydrogens is 120 g/mol. The molecule has 0 aliphatic rings. The second-order valence-electron chi connectivity index (χ2n) is 1.69. The Morgan fingerprint density at radius 3 is 2.78 bits per heavy atom. The van der Waals surface area contributed by atoms with Crippen molar-refractivity contribution in [3.05, 3.63) is 0 Å². The van der Waals surface area contributed by atoms with Crippen LogP contribution in [0.25, 0.3) is 0 Å². The van der Waals surface area contributed by atoms with Crippen LogP contribution in [0.5, 0.6) is 0 Å². The molecule has 0 saturated carbocycles. The summed E-state index contributed by atoms with van der Waals surface area (Å²) in [5.41, 5.74) is 4.86. The molecular formula is C5H12N2O2. The molecule has 0 bridgehead atoms. The van der Waals surface area contributed by atoms with Crippen LogP contribution in [0.15, 0.2) is 0 Å². The van der Waals surface area contributed by atoms with Crippen molar-refractivity contribution in [2.24, 2.45) is 0 Å². The Morgan fingerprint density at radius 2 is 2.44 bits per heavy atom. The molecule has 0 aromatic carbocycles. The molecule has 0 fully saturated rings. The van der Waals surface area contributed by atoms with Gasteiger partial charge in [0.15, 0.2) is 0 Å². The molecule has 9 heavy (non-hydrogen) atoms. The fourth-order valence-electron chi connectivity index (χ4n) is 0.429. The van der Waals surface area contributed by atoms with Gasteiger partial charge < -0.3 is 5.11 Å². The largest absolute Gasteiger partial charge is 0.395 e. The van der Waals surface area contributed by atoms with Gasteiger partial charge in [0, 0.05) is 6.04 Å². The predicted octanol–water partition coefficient (Wildman–Crippen LogP) is -0.992. The fourth-order valence-corrected chi connectivity index (χ4v) is 0.429. The number of hydrogen-bond donors (Lipinski definition) is 3. The number of hydrogen-bond acceptors (Lipinski definition) is 3. The first-order chi connectivity index (χ1) is 4.35. The van der Waals surface area contributed by atoms with Crippen molar-refractivity contribution in [3.63, 3.8) is 0 Å². The Labute approximate surface area is 54.2 Å². The maximum absolute atomic E-state index is 9.69. The van der Waals surface area contributed by atoms with Crippen molar-refractivity contribution in [2.45, 2.75) is 19.4 Å². The first-order valence-electron chi connectivity index (χ1n) is 2.90. The van der Waals surface area contributed by atoms with Gasteiger partial charge in [-0.25, -0.2) is 5.43 Å². The molecule has 0 unspecified atom stereocenters. The highest BCUT2D eigenvalue weighted by Gasteiger charge is 1.99. The molecule has 4 nitrogen and oxygen atoms in total. The number of carbonyl (C=O) groups is 1. The minimum Gasteiger partial charge on any atom is -0.395 e. The number of aliphatic hydroxyl groups excluding tert-OH is 1. The second kappa shape index (κ2) is 5.53. The van der Waals surface area contributed by atoms with Crippen molar-refractivity contribution in [1.82, 2.24) is 10.9 Å². The van der Waals surface area contributed by atoms with Gasteiger partial charge in [-0.1, -0.05) is 6.92 Å². The van der Waals surface area contributed by atoms with E-state index >= 15 is 0 Å². The van der Waals surface area contributed by atoms with Crippen molar-refractivity contribution in [1.29, 1.82) is 0 Å². The summed E-state index contributed by atoms with van der Waals surface area (Å²) in [6.45, 7) is 1.96. The molecule has 0 aromatic rings. The summed E-state index contributed by atoms with van der Waals surface area (Å²) >= 11 is 0. The molecule has 0 radical (unpaired) electrons. The van der Waals surface area contributed by atoms with Crippen molar-refractivity contribution < 1.29 is 9.90 Å². The number of aliphatic hydroxyl groups is 1. The third-order valence-corrected chi connectivity index (χ3v) is 1.06. The Morgan fingerprint density at radius 1 is 1.78 bits per heavy atom. The van der Waals surface area contributed by atoms with E-state index < -0.39 is 0 Å². The third kappa shape index (κ3) is 3.93. The highest BCUT2D eigenvalue weighted by Crippen LogP contribution is 1.84. The van der Waals surface area contributed by atoms with Crippen molar-refractivity contribution in [2.75, 3.05) is 6.61 Å². The molecule has 54 valence electrons. The van der Waals surface area contributed by atoms with Gasteiger partial charge in [0.25, 0.3) is 0 Å². The molecule has 0 spiro atoms. The number of rotatable bonds is 5. The lowest BCUT2D eigenvalue weighted by molar-refractivity contribution is -0.110. The van der Waals surface area contributed by atoms with Crippen molar-refractivity contribution in [3.8, 4) is 0 Å². The van der Waals surface area contributed by atoms with E-state index in [9.17, 15) is 4.79 Å². The lowest BCUT2D eigenvalue weighted by atomic mass is 10.3. The summed E-state index contributed by atoms with van der Waals surface area (Å²) in [6.07, 6.45) is 1.33. The van der Waals surface area contributed by atoms with Gasteiger partial charge in [-0.15, -0.1) is 0 Å². The summed E-state index contributed by atoms with van der Waals surface area (Å²) in [6, 6.07) is -0.0322. The first kappa shape index (κ1) is 8.39. The Bertz CT molecular complexity index is 73.4. The van der Waals surface area contributed by atoms with Gasteiger partial charge in [-0.05, 0) is 6.42 Å². The van der Waals surface area contributed by atoms with E-state index in [-0.39, 0.29) is 12.6 Å². The topological polar surface area (TPSA) is 61.4 Å². The van der Waals surface area contributed by atoms with Crippen LogP contribution in [0.2, 0.25) is 0 Å². The monoisotopic (exact) mass is 132 g/mol. The van der Waals surface area contributed by atoms with Crippen LogP contribution in [0, 0.1) is 0 Å². The molecule has 3 N–H and O–H groups in total. The highest BCUT2D eigenvalue weighted by molar-refractivity contribution is 5.44. The highest BCUT2D eigenvalue weighted by atomic mass is 16.3. The standard InChI is InChI=1S/C5H12N2O2/c1-2-5(3-8)7-6-4-9/h4-5,7-8H,2-3H2,1H3,(H,6,9)/t5-/m0/s1. The van der Waals surface area contributed by atoms with Gasteiger partial charge in [0.2, 0.25) is 6.41 Å². The van der Waals surface area contributed by atoms with Gasteiger partial charge in [0.1, 0.15) is 0 Å². The molecule has 4 heteroatoms. The zero-order valence-corrected chi connectivity index (χ0v) is 5.42. The SMILES string of the molecule is CC[C@@H](CO)NNC=O. The summed E-state index contributed by atoms with van der Waals surface area (Å²) in [5.74, 6) is 0. The Balaban J connectivity index is 3.19.